The molecular weight excluding hydrogens is 422 g/mol. The van der Waals surface area contributed by atoms with Crippen molar-refractivity contribution >= 4 is 55.2 Å². The first-order chi connectivity index (χ1) is 11.0. The summed E-state index contributed by atoms with van der Waals surface area (Å²) < 4.78 is 1.41. The summed E-state index contributed by atoms with van der Waals surface area (Å²) in [5, 5.41) is 4.06. The molecule has 0 aliphatic heterocycles. The average molecular weight is 437 g/mol. The lowest BCUT2D eigenvalue weighted by Crippen LogP contribution is -2.20. The number of benzene rings is 2. The summed E-state index contributed by atoms with van der Waals surface area (Å²) in [4.78, 5) is 12.2. The second-order valence-corrected chi connectivity index (χ2v) is 6.56. The maximum absolute atomic E-state index is 12.2. The van der Waals surface area contributed by atoms with Crippen LogP contribution in [0.25, 0.3) is 6.08 Å². The van der Waals surface area contributed by atoms with Gasteiger partial charge < -0.3 is 5.73 Å². The van der Waals surface area contributed by atoms with Crippen LogP contribution in [0.1, 0.15) is 22.8 Å². The lowest BCUT2D eigenvalue weighted by Gasteiger charge is -2.07. The summed E-state index contributed by atoms with van der Waals surface area (Å²) in [5.41, 5.74) is 10.9. The summed E-state index contributed by atoms with van der Waals surface area (Å²) in [6.45, 7) is 1.81. The maximum atomic E-state index is 12.2. The Balaban J connectivity index is 2.07. The number of halogens is 2. The highest BCUT2D eigenvalue weighted by molar-refractivity contribution is 9.11. The van der Waals surface area contributed by atoms with E-state index in [0.717, 1.165) is 10.0 Å². The third-order valence-corrected chi connectivity index (χ3v) is 4.10. The molecule has 2 rings (SSSR count). The van der Waals surface area contributed by atoms with Gasteiger partial charge in [-0.25, -0.2) is 5.43 Å². The van der Waals surface area contributed by atoms with Crippen molar-refractivity contribution in [3.63, 3.8) is 0 Å². The molecule has 6 heteroatoms. The second-order valence-electron chi connectivity index (χ2n) is 4.79. The molecule has 0 aliphatic carbocycles. The molecule has 4 nitrogen and oxygen atoms in total. The number of anilines is 1. The minimum absolute atomic E-state index is 0.356. The van der Waals surface area contributed by atoms with Gasteiger partial charge in [0.2, 0.25) is 0 Å². The van der Waals surface area contributed by atoms with Crippen molar-refractivity contribution in [2.75, 3.05) is 5.73 Å². The molecule has 0 saturated carbocycles. The summed E-state index contributed by atoms with van der Waals surface area (Å²) in [6, 6.07) is 13.3. The van der Waals surface area contributed by atoms with E-state index in [2.05, 4.69) is 42.4 Å². The van der Waals surface area contributed by atoms with Crippen molar-refractivity contribution < 1.29 is 4.79 Å². The van der Waals surface area contributed by atoms with Crippen LogP contribution in [0.2, 0.25) is 0 Å². The van der Waals surface area contributed by atoms with Crippen molar-refractivity contribution in [2.24, 2.45) is 5.10 Å². The summed E-state index contributed by atoms with van der Waals surface area (Å²) in [7, 11) is 0. The molecule has 0 aromatic heterocycles. The van der Waals surface area contributed by atoms with Gasteiger partial charge in [-0.2, -0.15) is 5.10 Å². The van der Waals surface area contributed by atoms with Gasteiger partial charge in [0.15, 0.2) is 0 Å². The average Bonchev–Trinajstić information content (AvgIpc) is 2.55. The number of rotatable bonds is 4. The van der Waals surface area contributed by atoms with Gasteiger partial charge in [0.05, 0.1) is 17.0 Å². The molecule has 2 aromatic carbocycles. The zero-order valence-corrected chi connectivity index (χ0v) is 15.6. The van der Waals surface area contributed by atoms with Crippen LogP contribution in [0.5, 0.6) is 0 Å². The Bertz CT molecular complexity index is 771. The Kier molecular flexibility index (Phi) is 6.12. The smallest absolute Gasteiger partial charge is 0.273 e. The monoisotopic (exact) mass is 435 g/mol. The maximum Gasteiger partial charge on any atom is 0.273 e. The van der Waals surface area contributed by atoms with E-state index in [0.29, 0.717) is 21.4 Å². The molecule has 0 fully saturated rings. The molecule has 0 saturated heterocycles. The van der Waals surface area contributed by atoms with Gasteiger partial charge in [0.1, 0.15) is 0 Å². The standard InChI is InChI=1S/C17H15Br2N3O/c1-11(7-8-12-5-3-2-4-6-12)21-22-17(23)14-9-13(18)10-15(19)16(14)20/h2-10H,20H2,1H3,(H,22,23)/b8-7+,21-11-. The largest absolute Gasteiger partial charge is 0.397 e. The van der Waals surface area contributed by atoms with E-state index < -0.39 is 0 Å². The topological polar surface area (TPSA) is 67.5 Å². The zero-order chi connectivity index (χ0) is 16.8. The van der Waals surface area contributed by atoms with Gasteiger partial charge in [0, 0.05) is 8.95 Å². The SMILES string of the molecule is CC(/C=C/c1ccccc1)=N/NC(=O)c1cc(Br)cc(Br)c1N. The van der Waals surface area contributed by atoms with Crippen molar-refractivity contribution in [1.82, 2.24) is 5.43 Å². The molecule has 0 heterocycles. The Morgan fingerprint density at radius 2 is 1.91 bits per heavy atom. The molecule has 3 N–H and O–H groups in total. The van der Waals surface area contributed by atoms with E-state index >= 15 is 0 Å². The number of amides is 1. The molecule has 1 amide bonds. The van der Waals surface area contributed by atoms with E-state index in [1.807, 2.05) is 42.5 Å². The second kappa shape index (κ2) is 8.08. The number of nitrogens with two attached hydrogens (primary N) is 1. The molecule has 0 atom stereocenters. The lowest BCUT2D eigenvalue weighted by atomic mass is 10.2. The van der Waals surface area contributed by atoms with Crippen LogP contribution in [0.3, 0.4) is 0 Å². The Morgan fingerprint density at radius 3 is 2.61 bits per heavy atom. The minimum Gasteiger partial charge on any atom is -0.397 e. The molecule has 0 bridgehead atoms. The van der Waals surface area contributed by atoms with E-state index in [1.165, 1.54) is 0 Å². The van der Waals surface area contributed by atoms with Crippen molar-refractivity contribution in [1.29, 1.82) is 0 Å². The molecule has 0 unspecified atom stereocenters. The number of nitrogen functional groups attached to an aromatic ring is 1. The van der Waals surface area contributed by atoms with Crippen LogP contribution in [-0.4, -0.2) is 11.6 Å². The van der Waals surface area contributed by atoms with Gasteiger partial charge in [-0.1, -0.05) is 52.3 Å². The fraction of sp³-hybridized carbons (Fsp3) is 0.0588. The summed E-state index contributed by atoms with van der Waals surface area (Å²) in [6.07, 6.45) is 3.75. The van der Waals surface area contributed by atoms with Gasteiger partial charge in [0.25, 0.3) is 5.91 Å². The van der Waals surface area contributed by atoms with Crippen molar-refractivity contribution in [2.45, 2.75) is 6.92 Å². The molecule has 2 aromatic rings. The zero-order valence-electron chi connectivity index (χ0n) is 12.4. The van der Waals surface area contributed by atoms with Crippen LogP contribution in [0, 0.1) is 0 Å². The highest BCUT2D eigenvalue weighted by Gasteiger charge is 2.12. The molecule has 23 heavy (non-hydrogen) atoms. The van der Waals surface area contributed by atoms with E-state index in [1.54, 1.807) is 19.1 Å². The van der Waals surface area contributed by atoms with E-state index in [9.17, 15) is 4.79 Å². The van der Waals surface area contributed by atoms with Gasteiger partial charge in [-0.3, -0.25) is 4.79 Å². The number of hydrogen-bond donors (Lipinski definition) is 2. The highest BCUT2D eigenvalue weighted by Crippen LogP contribution is 2.28. The first kappa shape index (κ1) is 17.4. The quantitative estimate of drug-likeness (QED) is 0.417. The molecule has 0 aliphatic rings. The molecular formula is C17H15Br2N3O. The predicted octanol–water partition coefficient (Wildman–Crippen LogP) is 4.61. The first-order valence-corrected chi connectivity index (χ1v) is 8.38. The number of allylic oxidation sites excluding steroid dienone is 1. The van der Waals surface area contributed by atoms with Crippen LogP contribution in [0.15, 0.2) is 62.6 Å². The number of carbonyl (C=O) groups is 1. The number of carbonyl (C=O) groups excluding carboxylic acids is 1. The molecule has 0 radical (unpaired) electrons. The number of hydrazone groups is 1. The van der Waals surface area contributed by atoms with Gasteiger partial charge in [-0.15, -0.1) is 0 Å². The van der Waals surface area contributed by atoms with Crippen LogP contribution < -0.4 is 11.2 Å². The Labute approximate surface area is 151 Å². The Morgan fingerprint density at radius 1 is 1.22 bits per heavy atom. The van der Waals surface area contributed by atoms with Crippen LogP contribution >= 0.6 is 31.9 Å². The fourth-order valence-corrected chi connectivity index (χ4v) is 3.02. The van der Waals surface area contributed by atoms with Gasteiger partial charge >= 0.3 is 0 Å². The third-order valence-electron chi connectivity index (χ3n) is 2.99. The van der Waals surface area contributed by atoms with E-state index in [4.69, 9.17) is 5.73 Å². The van der Waals surface area contributed by atoms with Crippen molar-refractivity contribution in [3.05, 3.63) is 68.6 Å². The molecule has 0 spiro atoms. The fourth-order valence-electron chi connectivity index (χ4n) is 1.79. The third kappa shape index (κ3) is 5.04. The minimum atomic E-state index is -0.364. The number of nitrogens with zero attached hydrogens (tertiary/aromatic N) is 1. The van der Waals surface area contributed by atoms with Crippen molar-refractivity contribution in [3.8, 4) is 0 Å². The number of nitrogens with one attached hydrogen (secondary N) is 1. The first-order valence-electron chi connectivity index (χ1n) is 6.79. The normalized spacial score (nSPS) is 11.7. The molecule has 118 valence electrons. The van der Waals surface area contributed by atoms with E-state index in [-0.39, 0.29) is 5.91 Å². The number of hydrogen-bond acceptors (Lipinski definition) is 3. The summed E-state index contributed by atoms with van der Waals surface area (Å²) in [5.74, 6) is -0.364. The summed E-state index contributed by atoms with van der Waals surface area (Å²) >= 11 is 6.65. The lowest BCUT2D eigenvalue weighted by molar-refractivity contribution is 0.0955. The predicted molar refractivity (Wildman–Crippen MR) is 102 cm³/mol. The highest BCUT2D eigenvalue weighted by atomic mass is 79.9. The Hall–Kier alpha value is -1.92. The van der Waals surface area contributed by atoms with Crippen LogP contribution in [0.4, 0.5) is 5.69 Å². The van der Waals surface area contributed by atoms with Gasteiger partial charge in [-0.05, 0) is 46.6 Å². The van der Waals surface area contributed by atoms with Crippen LogP contribution in [-0.2, 0) is 0 Å².